The Morgan fingerprint density at radius 2 is 2.04 bits per heavy atom. The second-order valence-corrected chi connectivity index (χ2v) is 5.53. The van der Waals surface area contributed by atoms with Crippen molar-refractivity contribution in [1.29, 1.82) is 0 Å². The summed E-state index contributed by atoms with van der Waals surface area (Å²) >= 11 is 0. The highest BCUT2D eigenvalue weighted by atomic mass is 16.4. The Labute approximate surface area is 137 Å². The van der Waals surface area contributed by atoms with Crippen LogP contribution in [0.3, 0.4) is 0 Å². The lowest BCUT2D eigenvalue weighted by molar-refractivity contribution is -0.136. The SMILES string of the molecule is Cc1ccc(C)c(N=Nc2c(CC(=O)O)nc3c(O)cccn23)c1. The molecule has 2 heterocycles. The number of azo groups is 1. The summed E-state index contributed by atoms with van der Waals surface area (Å²) in [5.41, 5.74) is 3.21. The van der Waals surface area contributed by atoms with E-state index in [4.69, 9.17) is 5.11 Å². The van der Waals surface area contributed by atoms with Crippen molar-refractivity contribution in [1.82, 2.24) is 9.38 Å². The van der Waals surface area contributed by atoms with Gasteiger partial charge in [-0.3, -0.25) is 9.20 Å². The predicted octanol–water partition coefficient (Wildman–Crippen LogP) is 3.70. The summed E-state index contributed by atoms with van der Waals surface area (Å²) in [7, 11) is 0. The maximum Gasteiger partial charge on any atom is 0.309 e. The van der Waals surface area contributed by atoms with E-state index in [1.807, 2.05) is 32.0 Å². The Kier molecular flexibility index (Phi) is 3.99. The van der Waals surface area contributed by atoms with Gasteiger partial charge in [-0.1, -0.05) is 12.1 Å². The van der Waals surface area contributed by atoms with E-state index < -0.39 is 5.97 Å². The molecular weight excluding hydrogens is 308 g/mol. The molecule has 24 heavy (non-hydrogen) atoms. The van der Waals surface area contributed by atoms with Gasteiger partial charge in [-0.05, 0) is 43.2 Å². The number of imidazole rings is 1. The van der Waals surface area contributed by atoms with Crippen LogP contribution >= 0.6 is 0 Å². The highest BCUT2D eigenvalue weighted by molar-refractivity contribution is 5.73. The molecule has 0 unspecified atom stereocenters. The molecule has 122 valence electrons. The number of hydrogen-bond acceptors (Lipinski definition) is 5. The van der Waals surface area contributed by atoms with Gasteiger partial charge < -0.3 is 10.2 Å². The van der Waals surface area contributed by atoms with Gasteiger partial charge in [-0.2, -0.15) is 0 Å². The van der Waals surface area contributed by atoms with Crippen LogP contribution in [0.4, 0.5) is 11.5 Å². The molecule has 3 aromatic rings. The first kappa shape index (κ1) is 15.7. The minimum absolute atomic E-state index is 0.0441. The molecule has 0 aliphatic carbocycles. The summed E-state index contributed by atoms with van der Waals surface area (Å²) in [4.78, 5) is 15.3. The third-order valence-corrected chi connectivity index (χ3v) is 3.61. The van der Waals surface area contributed by atoms with Crippen LogP contribution in [0.15, 0.2) is 46.8 Å². The van der Waals surface area contributed by atoms with E-state index in [0.29, 0.717) is 11.5 Å². The van der Waals surface area contributed by atoms with Gasteiger partial charge in [0.25, 0.3) is 0 Å². The number of benzene rings is 1. The minimum atomic E-state index is -1.03. The molecule has 0 aliphatic heterocycles. The van der Waals surface area contributed by atoms with E-state index in [0.717, 1.165) is 11.1 Å². The fourth-order valence-electron chi connectivity index (χ4n) is 2.38. The maximum absolute atomic E-state index is 11.1. The van der Waals surface area contributed by atoms with E-state index in [-0.39, 0.29) is 23.5 Å². The first-order valence-electron chi connectivity index (χ1n) is 7.35. The molecule has 7 nitrogen and oxygen atoms in total. The smallest absolute Gasteiger partial charge is 0.309 e. The summed E-state index contributed by atoms with van der Waals surface area (Å²) in [5, 5.41) is 27.4. The van der Waals surface area contributed by atoms with Gasteiger partial charge in [0.2, 0.25) is 0 Å². The van der Waals surface area contributed by atoms with Crippen molar-refractivity contribution < 1.29 is 15.0 Å². The van der Waals surface area contributed by atoms with Crippen LogP contribution in [0.25, 0.3) is 5.65 Å². The van der Waals surface area contributed by atoms with Gasteiger partial charge in [-0.15, -0.1) is 10.2 Å². The number of aryl methyl sites for hydroxylation is 2. The Morgan fingerprint density at radius 1 is 1.25 bits per heavy atom. The number of hydrogen-bond donors (Lipinski definition) is 2. The maximum atomic E-state index is 11.1. The van der Waals surface area contributed by atoms with Crippen LogP contribution in [0.5, 0.6) is 5.75 Å². The summed E-state index contributed by atoms with van der Waals surface area (Å²) < 4.78 is 1.53. The number of aliphatic carboxylic acids is 1. The molecule has 0 aliphatic rings. The summed E-state index contributed by atoms with van der Waals surface area (Å²) in [6.45, 7) is 3.88. The molecule has 7 heteroatoms. The van der Waals surface area contributed by atoms with Crippen molar-refractivity contribution in [3.05, 3.63) is 53.3 Å². The Hall–Kier alpha value is -3.22. The largest absolute Gasteiger partial charge is 0.504 e. The number of carboxylic acids is 1. The van der Waals surface area contributed by atoms with E-state index >= 15 is 0 Å². The lowest BCUT2D eigenvalue weighted by Crippen LogP contribution is -2.00. The van der Waals surface area contributed by atoms with Crippen LogP contribution in [0.2, 0.25) is 0 Å². The van der Waals surface area contributed by atoms with Crippen molar-refractivity contribution in [3.8, 4) is 5.75 Å². The lowest BCUT2D eigenvalue weighted by Gasteiger charge is -2.01. The van der Waals surface area contributed by atoms with Gasteiger partial charge >= 0.3 is 5.97 Å². The van der Waals surface area contributed by atoms with Crippen LogP contribution in [-0.4, -0.2) is 25.6 Å². The molecule has 0 bridgehead atoms. The third kappa shape index (κ3) is 2.96. The summed E-state index contributed by atoms with van der Waals surface area (Å²) in [5.74, 6) is -0.775. The number of aromatic nitrogens is 2. The Bertz CT molecular complexity index is 960. The Balaban J connectivity index is 2.13. The Morgan fingerprint density at radius 3 is 2.79 bits per heavy atom. The van der Waals surface area contributed by atoms with Crippen LogP contribution < -0.4 is 0 Å². The number of rotatable bonds is 4. The van der Waals surface area contributed by atoms with Gasteiger partial charge in [-0.25, -0.2) is 4.98 Å². The van der Waals surface area contributed by atoms with Crippen LogP contribution in [0, 0.1) is 13.8 Å². The quantitative estimate of drug-likeness (QED) is 0.715. The van der Waals surface area contributed by atoms with E-state index in [1.165, 1.54) is 10.5 Å². The second kappa shape index (κ2) is 6.11. The number of aromatic hydroxyl groups is 1. The van der Waals surface area contributed by atoms with E-state index in [9.17, 15) is 9.90 Å². The first-order valence-corrected chi connectivity index (χ1v) is 7.35. The zero-order valence-corrected chi connectivity index (χ0v) is 13.3. The van der Waals surface area contributed by atoms with Crippen molar-refractivity contribution in [3.63, 3.8) is 0 Å². The minimum Gasteiger partial charge on any atom is -0.504 e. The van der Waals surface area contributed by atoms with Gasteiger partial charge in [0.1, 0.15) is 0 Å². The molecule has 0 atom stereocenters. The van der Waals surface area contributed by atoms with Gasteiger partial charge in [0, 0.05) is 6.20 Å². The third-order valence-electron chi connectivity index (χ3n) is 3.61. The van der Waals surface area contributed by atoms with Crippen molar-refractivity contribution in [2.45, 2.75) is 20.3 Å². The van der Waals surface area contributed by atoms with Crippen molar-refractivity contribution in [2.24, 2.45) is 10.2 Å². The monoisotopic (exact) mass is 324 g/mol. The van der Waals surface area contributed by atoms with Gasteiger partial charge in [0.15, 0.2) is 17.2 Å². The number of carbonyl (C=O) groups is 1. The molecule has 0 spiro atoms. The fraction of sp³-hybridized carbons (Fsp3) is 0.176. The van der Waals surface area contributed by atoms with E-state index in [2.05, 4.69) is 15.2 Å². The normalized spacial score (nSPS) is 11.4. The van der Waals surface area contributed by atoms with Gasteiger partial charge in [0.05, 0.1) is 17.8 Å². The highest BCUT2D eigenvalue weighted by Crippen LogP contribution is 2.29. The average molecular weight is 324 g/mol. The average Bonchev–Trinajstić information content (AvgIpc) is 2.86. The molecule has 0 fully saturated rings. The second-order valence-electron chi connectivity index (χ2n) is 5.53. The molecule has 0 saturated heterocycles. The molecule has 3 rings (SSSR count). The first-order chi connectivity index (χ1) is 11.5. The van der Waals surface area contributed by atoms with Crippen LogP contribution in [0.1, 0.15) is 16.8 Å². The lowest BCUT2D eigenvalue weighted by atomic mass is 10.1. The zero-order chi connectivity index (χ0) is 17.3. The van der Waals surface area contributed by atoms with E-state index in [1.54, 1.807) is 12.3 Å². The molecule has 2 N–H and O–H groups in total. The molecule has 0 saturated carbocycles. The molecule has 1 aromatic carbocycles. The number of pyridine rings is 1. The molecule has 0 radical (unpaired) electrons. The number of nitrogens with zero attached hydrogens (tertiary/aromatic N) is 4. The topological polar surface area (TPSA) is 99.5 Å². The van der Waals surface area contributed by atoms with Crippen molar-refractivity contribution in [2.75, 3.05) is 0 Å². The molecule has 2 aromatic heterocycles. The number of fused-ring (bicyclic) bond motifs is 1. The summed E-state index contributed by atoms with van der Waals surface area (Å²) in [6, 6.07) is 8.94. The zero-order valence-electron chi connectivity index (χ0n) is 13.3. The van der Waals surface area contributed by atoms with Crippen LogP contribution in [-0.2, 0) is 11.2 Å². The molecular formula is C17H16N4O3. The fourth-order valence-corrected chi connectivity index (χ4v) is 2.38. The molecule has 0 amide bonds. The summed E-state index contributed by atoms with van der Waals surface area (Å²) in [6.07, 6.45) is 1.35. The predicted molar refractivity (Wildman–Crippen MR) is 88.3 cm³/mol. The number of carboxylic acid groups (broad SMARTS) is 1. The standard InChI is InChI=1S/C17H16N4O3/c1-10-5-6-11(2)12(8-10)19-20-16-13(9-15(23)24)18-17-14(22)4-3-7-21(16)17/h3-8,22H,9H2,1-2H3,(H,23,24). The van der Waals surface area contributed by atoms with Crippen molar-refractivity contribution >= 4 is 23.1 Å². The highest BCUT2D eigenvalue weighted by Gasteiger charge is 2.17.